The molecule has 0 radical (unpaired) electrons. The number of rotatable bonds is 6. The van der Waals surface area contributed by atoms with E-state index in [1.807, 2.05) is 0 Å². The molecule has 2 nitrogen and oxygen atoms in total. The minimum Gasteiger partial charge on any atom is -0.378 e. The molecule has 2 heteroatoms. The van der Waals surface area contributed by atoms with Crippen molar-refractivity contribution in [2.24, 2.45) is 11.7 Å². The molecule has 2 N–H and O–H groups in total. The van der Waals surface area contributed by atoms with Crippen molar-refractivity contribution >= 4 is 0 Å². The third-order valence-electron chi connectivity index (χ3n) is 3.88. The van der Waals surface area contributed by atoms with Gasteiger partial charge in [-0.2, -0.15) is 0 Å². The Morgan fingerprint density at radius 3 is 2.58 bits per heavy atom. The molecule has 0 amide bonds. The molecule has 0 bridgehead atoms. The molecule has 1 aromatic carbocycles. The molecule has 1 saturated heterocycles. The maximum Gasteiger partial charge on any atom is 0.0576 e. The molecule has 0 saturated carbocycles. The molecule has 19 heavy (non-hydrogen) atoms. The molecule has 1 aliphatic rings. The Labute approximate surface area is 117 Å². The van der Waals surface area contributed by atoms with Gasteiger partial charge in [0, 0.05) is 12.6 Å². The van der Waals surface area contributed by atoms with Crippen LogP contribution < -0.4 is 5.73 Å². The highest BCUT2D eigenvalue weighted by Gasteiger charge is 2.17. The van der Waals surface area contributed by atoms with Crippen LogP contribution in [0, 0.1) is 5.92 Å². The van der Waals surface area contributed by atoms with Gasteiger partial charge in [0.25, 0.3) is 0 Å². The van der Waals surface area contributed by atoms with E-state index < -0.39 is 0 Å². The molecule has 1 fully saturated rings. The second-order valence-electron chi connectivity index (χ2n) is 6.16. The van der Waals surface area contributed by atoms with Gasteiger partial charge in [0.1, 0.15) is 0 Å². The fraction of sp³-hybridized carbons (Fsp3) is 0.647. The van der Waals surface area contributed by atoms with Crippen molar-refractivity contribution in [3.8, 4) is 0 Å². The molecule has 0 aliphatic carbocycles. The highest BCUT2D eigenvalue weighted by atomic mass is 16.5. The summed E-state index contributed by atoms with van der Waals surface area (Å²) in [6, 6.07) is 8.98. The zero-order valence-electron chi connectivity index (χ0n) is 12.3. The van der Waals surface area contributed by atoms with Crippen molar-refractivity contribution in [3.05, 3.63) is 35.4 Å². The number of nitrogens with two attached hydrogens (primary N) is 1. The molecule has 1 aromatic rings. The summed E-state index contributed by atoms with van der Waals surface area (Å²) in [5.74, 6) is 0.707. The molecular formula is C17H27NO. The van der Waals surface area contributed by atoms with Crippen LogP contribution in [0.4, 0.5) is 0 Å². The zero-order chi connectivity index (χ0) is 13.7. The van der Waals surface area contributed by atoms with E-state index in [4.69, 9.17) is 10.5 Å². The Hall–Kier alpha value is -0.860. The van der Waals surface area contributed by atoms with Gasteiger partial charge in [-0.1, -0.05) is 38.1 Å². The topological polar surface area (TPSA) is 35.2 Å². The predicted octanol–water partition coefficient (Wildman–Crippen LogP) is 3.84. The second-order valence-corrected chi connectivity index (χ2v) is 6.16. The molecule has 106 valence electrons. The van der Waals surface area contributed by atoms with E-state index in [0.717, 1.165) is 25.9 Å². The monoisotopic (exact) mass is 261 g/mol. The van der Waals surface area contributed by atoms with Crippen LogP contribution in [0.1, 0.15) is 56.7 Å². The maximum absolute atomic E-state index is 6.27. The standard InChI is InChI=1S/C17H27NO/c1-13(2)12-14-5-7-15(8-6-14)17(18)10-9-16-4-3-11-19-16/h5-8,13,16-17H,3-4,9-12,18H2,1-2H3. The lowest BCUT2D eigenvalue weighted by molar-refractivity contribution is 0.101. The van der Waals surface area contributed by atoms with Gasteiger partial charge >= 0.3 is 0 Å². The Morgan fingerprint density at radius 1 is 1.26 bits per heavy atom. The summed E-state index contributed by atoms with van der Waals surface area (Å²) in [4.78, 5) is 0. The van der Waals surface area contributed by atoms with Crippen molar-refractivity contribution in [3.63, 3.8) is 0 Å². The lowest BCUT2D eigenvalue weighted by atomic mass is 9.97. The second kappa shape index (κ2) is 7.06. The number of hydrogen-bond donors (Lipinski definition) is 1. The van der Waals surface area contributed by atoms with Crippen molar-refractivity contribution in [1.82, 2.24) is 0 Å². The van der Waals surface area contributed by atoms with E-state index in [2.05, 4.69) is 38.1 Å². The number of benzene rings is 1. The highest BCUT2D eigenvalue weighted by Crippen LogP contribution is 2.23. The van der Waals surface area contributed by atoms with Crippen molar-refractivity contribution in [2.75, 3.05) is 6.61 Å². The SMILES string of the molecule is CC(C)Cc1ccc(C(N)CCC2CCCO2)cc1. The van der Waals surface area contributed by atoms with Gasteiger partial charge in [-0.15, -0.1) is 0 Å². The van der Waals surface area contributed by atoms with Crippen molar-refractivity contribution in [2.45, 2.75) is 58.1 Å². The lowest BCUT2D eigenvalue weighted by Gasteiger charge is -2.15. The summed E-state index contributed by atoms with van der Waals surface area (Å²) in [5, 5.41) is 0. The minimum absolute atomic E-state index is 0.150. The van der Waals surface area contributed by atoms with Gasteiger partial charge in [-0.25, -0.2) is 0 Å². The van der Waals surface area contributed by atoms with Gasteiger partial charge in [0.2, 0.25) is 0 Å². The van der Waals surface area contributed by atoms with Gasteiger partial charge < -0.3 is 10.5 Å². The summed E-state index contributed by atoms with van der Waals surface area (Å²) >= 11 is 0. The normalized spacial score (nSPS) is 20.9. The first-order valence-corrected chi connectivity index (χ1v) is 7.61. The van der Waals surface area contributed by atoms with Crippen LogP contribution in [0.5, 0.6) is 0 Å². The van der Waals surface area contributed by atoms with Gasteiger partial charge in [-0.3, -0.25) is 0 Å². The van der Waals surface area contributed by atoms with E-state index in [-0.39, 0.29) is 6.04 Å². The number of hydrogen-bond acceptors (Lipinski definition) is 2. The highest BCUT2D eigenvalue weighted by molar-refractivity contribution is 5.25. The van der Waals surface area contributed by atoms with Crippen molar-refractivity contribution < 1.29 is 4.74 Å². The maximum atomic E-state index is 6.27. The summed E-state index contributed by atoms with van der Waals surface area (Å²) in [6.45, 7) is 5.44. The quantitative estimate of drug-likeness (QED) is 0.844. The number of ether oxygens (including phenoxy) is 1. The minimum atomic E-state index is 0.150. The van der Waals surface area contributed by atoms with E-state index >= 15 is 0 Å². The van der Waals surface area contributed by atoms with Crippen LogP contribution in [0.15, 0.2) is 24.3 Å². The van der Waals surface area contributed by atoms with E-state index in [1.54, 1.807) is 0 Å². The zero-order valence-corrected chi connectivity index (χ0v) is 12.3. The average molecular weight is 261 g/mol. The Bertz CT molecular complexity index is 365. The molecule has 2 unspecified atom stereocenters. The third-order valence-corrected chi connectivity index (χ3v) is 3.88. The average Bonchev–Trinajstić information content (AvgIpc) is 2.89. The largest absolute Gasteiger partial charge is 0.378 e. The van der Waals surface area contributed by atoms with Crippen LogP contribution in [0.3, 0.4) is 0 Å². The molecule has 2 rings (SSSR count). The molecule has 0 spiro atoms. The first-order chi connectivity index (χ1) is 9.15. The molecule has 0 aromatic heterocycles. The van der Waals surface area contributed by atoms with E-state index in [1.165, 1.54) is 24.0 Å². The van der Waals surface area contributed by atoms with Gasteiger partial charge in [0.05, 0.1) is 6.10 Å². The fourth-order valence-corrected chi connectivity index (χ4v) is 2.78. The van der Waals surface area contributed by atoms with Gasteiger partial charge in [0.15, 0.2) is 0 Å². The summed E-state index contributed by atoms with van der Waals surface area (Å²) in [5.41, 5.74) is 8.93. The van der Waals surface area contributed by atoms with Crippen LogP contribution in [-0.2, 0) is 11.2 Å². The molecule has 2 atom stereocenters. The fourth-order valence-electron chi connectivity index (χ4n) is 2.78. The van der Waals surface area contributed by atoms with Crippen LogP contribution in [-0.4, -0.2) is 12.7 Å². The van der Waals surface area contributed by atoms with Crippen molar-refractivity contribution in [1.29, 1.82) is 0 Å². The summed E-state index contributed by atoms with van der Waals surface area (Å²) < 4.78 is 5.65. The Morgan fingerprint density at radius 2 is 2.00 bits per heavy atom. The first kappa shape index (κ1) is 14.5. The van der Waals surface area contributed by atoms with E-state index in [9.17, 15) is 0 Å². The smallest absolute Gasteiger partial charge is 0.0576 e. The lowest BCUT2D eigenvalue weighted by Crippen LogP contribution is -2.14. The first-order valence-electron chi connectivity index (χ1n) is 7.61. The van der Waals surface area contributed by atoms with Crippen LogP contribution in [0.2, 0.25) is 0 Å². The van der Waals surface area contributed by atoms with E-state index in [0.29, 0.717) is 12.0 Å². The van der Waals surface area contributed by atoms with Crippen LogP contribution >= 0.6 is 0 Å². The molecule has 1 heterocycles. The van der Waals surface area contributed by atoms with Crippen LogP contribution in [0.25, 0.3) is 0 Å². The summed E-state index contributed by atoms with van der Waals surface area (Å²) in [6.07, 6.45) is 6.13. The van der Waals surface area contributed by atoms with Gasteiger partial charge in [-0.05, 0) is 49.1 Å². The third kappa shape index (κ3) is 4.63. The predicted molar refractivity (Wildman–Crippen MR) is 80.1 cm³/mol. The Kier molecular flexibility index (Phi) is 5.41. The Balaban J connectivity index is 1.82. The molecular weight excluding hydrogens is 234 g/mol. The summed E-state index contributed by atoms with van der Waals surface area (Å²) in [7, 11) is 0. The molecule has 1 aliphatic heterocycles.